The molecule has 29 heavy (non-hydrogen) atoms. The number of allylic oxidation sites excluding steroid dienone is 2. The van der Waals surface area contributed by atoms with Crippen LogP contribution < -0.4 is 0 Å². The van der Waals surface area contributed by atoms with Gasteiger partial charge in [0.15, 0.2) is 4.91 Å². The number of quaternary nitrogens is 1. The van der Waals surface area contributed by atoms with Crippen LogP contribution in [0.2, 0.25) is 0 Å². The minimum Gasteiger partial charge on any atom is -0.477 e. The van der Waals surface area contributed by atoms with E-state index in [2.05, 4.69) is 20.8 Å². The molecule has 0 bridgehead atoms. The van der Waals surface area contributed by atoms with E-state index in [4.69, 9.17) is 0 Å². The van der Waals surface area contributed by atoms with Gasteiger partial charge < -0.3 is 5.11 Å². The van der Waals surface area contributed by atoms with Crippen molar-refractivity contribution in [3.8, 4) is 0 Å². The van der Waals surface area contributed by atoms with Gasteiger partial charge in [-0.1, -0.05) is 50.8 Å². The van der Waals surface area contributed by atoms with Crippen LogP contribution in [-0.2, 0) is 14.6 Å². The number of carboxylic acid groups (broad SMARTS) is 1. The number of benzene rings is 1. The largest absolute Gasteiger partial charge is 0.477 e. The molecule has 1 aromatic carbocycles. The van der Waals surface area contributed by atoms with Crippen LogP contribution in [-0.4, -0.2) is 43.6 Å². The molecular formula is C23H36NO4S+. The van der Waals surface area contributed by atoms with Gasteiger partial charge in [-0.25, -0.2) is 13.2 Å². The zero-order chi connectivity index (χ0) is 21.8. The maximum absolute atomic E-state index is 12.7. The summed E-state index contributed by atoms with van der Waals surface area (Å²) in [5, 5.41) is 9.47. The summed E-state index contributed by atoms with van der Waals surface area (Å²) in [4.78, 5) is 11.0. The lowest BCUT2D eigenvalue weighted by Crippen LogP contribution is -2.43. The first-order chi connectivity index (χ1) is 13.8. The van der Waals surface area contributed by atoms with E-state index in [9.17, 15) is 18.3 Å². The molecular weight excluding hydrogens is 386 g/mol. The van der Waals surface area contributed by atoms with Crippen LogP contribution >= 0.6 is 0 Å². The van der Waals surface area contributed by atoms with E-state index in [-0.39, 0.29) is 4.90 Å². The number of sulfone groups is 1. The van der Waals surface area contributed by atoms with Crippen molar-refractivity contribution in [3.05, 3.63) is 53.6 Å². The molecule has 6 heteroatoms. The Bertz CT molecular complexity index is 778. The summed E-state index contributed by atoms with van der Waals surface area (Å²) < 4.78 is 26.1. The first-order valence-corrected chi connectivity index (χ1v) is 12.1. The third-order valence-electron chi connectivity index (χ3n) is 5.42. The number of nitrogens with zero attached hydrogens (tertiary/aromatic N) is 1. The Morgan fingerprint density at radius 1 is 0.966 bits per heavy atom. The van der Waals surface area contributed by atoms with E-state index in [1.54, 1.807) is 24.3 Å². The van der Waals surface area contributed by atoms with E-state index < -0.39 is 20.7 Å². The molecule has 0 aromatic heterocycles. The summed E-state index contributed by atoms with van der Waals surface area (Å²) in [6, 6.07) is 7.68. The van der Waals surface area contributed by atoms with E-state index in [0.29, 0.717) is 4.48 Å². The van der Waals surface area contributed by atoms with Crippen molar-refractivity contribution in [2.75, 3.05) is 19.6 Å². The summed E-state index contributed by atoms with van der Waals surface area (Å²) in [5.41, 5.74) is 0. The fourth-order valence-electron chi connectivity index (χ4n) is 3.35. The third kappa shape index (κ3) is 7.78. The average Bonchev–Trinajstić information content (AvgIpc) is 2.72. The van der Waals surface area contributed by atoms with Crippen LogP contribution in [0.1, 0.15) is 59.3 Å². The lowest BCUT2D eigenvalue weighted by Gasteiger charge is -2.32. The number of carbonyl (C=O) groups is 1. The van der Waals surface area contributed by atoms with Crippen molar-refractivity contribution in [2.24, 2.45) is 0 Å². The fourth-order valence-corrected chi connectivity index (χ4v) is 4.60. The molecule has 0 atom stereocenters. The van der Waals surface area contributed by atoms with Crippen molar-refractivity contribution >= 4 is 15.8 Å². The van der Waals surface area contributed by atoms with Crippen molar-refractivity contribution in [2.45, 2.75) is 64.2 Å². The molecule has 0 unspecified atom stereocenters. The van der Waals surface area contributed by atoms with Gasteiger partial charge >= 0.3 is 5.97 Å². The quantitative estimate of drug-likeness (QED) is 0.195. The summed E-state index contributed by atoms with van der Waals surface area (Å²) in [6.45, 7) is 9.14. The van der Waals surface area contributed by atoms with Crippen LogP contribution in [0.5, 0.6) is 0 Å². The fraction of sp³-hybridized carbons (Fsp3) is 0.522. The smallest absolute Gasteiger partial charge is 0.347 e. The molecule has 162 valence electrons. The van der Waals surface area contributed by atoms with Crippen molar-refractivity contribution in [3.63, 3.8) is 0 Å². The van der Waals surface area contributed by atoms with Gasteiger partial charge in [0.2, 0.25) is 9.84 Å². The second kappa shape index (κ2) is 12.6. The highest BCUT2D eigenvalue weighted by Gasteiger charge is 2.26. The minimum atomic E-state index is -4.06. The molecule has 0 aliphatic heterocycles. The zero-order valence-electron chi connectivity index (χ0n) is 18.0. The molecule has 1 aromatic rings. The van der Waals surface area contributed by atoms with E-state index >= 15 is 0 Å². The highest BCUT2D eigenvalue weighted by Crippen LogP contribution is 2.20. The molecule has 0 amide bonds. The monoisotopic (exact) mass is 422 g/mol. The van der Waals surface area contributed by atoms with Gasteiger partial charge in [-0.3, -0.25) is 4.48 Å². The summed E-state index contributed by atoms with van der Waals surface area (Å²) in [6.07, 6.45) is 12.1. The van der Waals surface area contributed by atoms with Crippen LogP contribution in [0.15, 0.2) is 58.5 Å². The van der Waals surface area contributed by atoms with Gasteiger partial charge in [-0.15, -0.1) is 0 Å². The molecule has 1 rings (SSSR count). The highest BCUT2D eigenvalue weighted by molar-refractivity contribution is 7.96. The molecule has 0 aliphatic carbocycles. The zero-order valence-corrected chi connectivity index (χ0v) is 18.8. The highest BCUT2D eigenvalue weighted by atomic mass is 32.2. The van der Waals surface area contributed by atoms with Gasteiger partial charge in [0.05, 0.1) is 30.7 Å². The van der Waals surface area contributed by atoms with E-state index in [1.807, 2.05) is 6.20 Å². The van der Waals surface area contributed by atoms with Crippen molar-refractivity contribution < 1.29 is 22.8 Å². The lowest BCUT2D eigenvalue weighted by molar-refractivity contribution is -0.876. The third-order valence-corrected chi connectivity index (χ3v) is 7.20. The number of hydrogen-bond donors (Lipinski definition) is 1. The topological polar surface area (TPSA) is 71.4 Å². The second-order valence-electron chi connectivity index (χ2n) is 7.34. The molecule has 0 spiro atoms. The molecule has 0 radical (unpaired) electrons. The second-order valence-corrected chi connectivity index (χ2v) is 9.25. The molecule has 0 saturated carbocycles. The Morgan fingerprint density at radius 2 is 1.55 bits per heavy atom. The predicted molar refractivity (Wildman–Crippen MR) is 118 cm³/mol. The van der Waals surface area contributed by atoms with Gasteiger partial charge in [-0.05, 0) is 51.0 Å². The molecule has 0 aliphatic rings. The summed E-state index contributed by atoms with van der Waals surface area (Å²) in [5.74, 6) is -1.44. The van der Waals surface area contributed by atoms with Crippen molar-refractivity contribution in [1.29, 1.82) is 0 Å². The maximum Gasteiger partial charge on any atom is 0.347 e. The van der Waals surface area contributed by atoms with Crippen LogP contribution in [0, 0.1) is 0 Å². The van der Waals surface area contributed by atoms with Crippen LogP contribution in [0.25, 0.3) is 0 Å². The SMILES string of the molecule is CCCCCCCC[N+](C=CC=C(C(=O)O)S(=O)(=O)c1ccccc1)(CC)CC. The molecule has 1 N–H and O–H groups in total. The first kappa shape index (κ1) is 25.1. The Morgan fingerprint density at radius 3 is 2.10 bits per heavy atom. The summed E-state index contributed by atoms with van der Waals surface area (Å²) in [7, 11) is -4.06. The molecule has 5 nitrogen and oxygen atoms in total. The van der Waals surface area contributed by atoms with Gasteiger partial charge in [0.1, 0.15) is 0 Å². The van der Waals surface area contributed by atoms with Gasteiger partial charge in [-0.2, -0.15) is 0 Å². The number of aliphatic carboxylic acids is 1. The van der Waals surface area contributed by atoms with Crippen LogP contribution in [0.3, 0.4) is 0 Å². The van der Waals surface area contributed by atoms with Crippen LogP contribution in [0.4, 0.5) is 0 Å². The van der Waals surface area contributed by atoms with E-state index in [0.717, 1.165) is 26.1 Å². The Balaban J connectivity index is 2.95. The Hall–Kier alpha value is -1.92. The summed E-state index contributed by atoms with van der Waals surface area (Å²) >= 11 is 0. The maximum atomic E-state index is 12.7. The number of unbranched alkanes of at least 4 members (excludes halogenated alkanes) is 5. The Kier molecular flexibility index (Phi) is 10.9. The number of hydrogen-bond acceptors (Lipinski definition) is 3. The van der Waals surface area contributed by atoms with Gasteiger partial charge in [0.25, 0.3) is 0 Å². The first-order valence-electron chi connectivity index (χ1n) is 10.6. The van der Waals surface area contributed by atoms with E-state index in [1.165, 1.54) is 50.3 Å². The average molecular weight is 423 g/mol. The number of rotatable bonds is 14. The molecule has 0 fully saturated rings. The Labute approximate surface area is 176 Å². The molecule has 0 saturated heterocycles. The predicted octanol–water partition coefficient (Wildman–Crippen LogP) is 5.16. The van der Waals surface area contributed by atoms with Crippen molar-refractivity contribution in [1.82, 2.24) is 0 Å². The standard InChI is InChI=1S/C23H35NO4S/c1-4-7-8-9-10-14-19-24(5-2,6-3)20-15-18-22(23(25)26)29(27,28)21-16-12-11-13-17-21/h11-13,15-18,20H,4-10,14,19H2,1-3H3/p+1. The normalized spacial score (nSPS) is 13.1. The minimum absolute atomic E-state index is 0.0131. The number of carboxylic acids is 1. The van der Waals surface area contributed by atoms with Gasteiger partial charge in [0, 0.05) is 0 Å². The molecule has 0 heterocycles. The lowest BCUT2D eigenvalue weighted by atomic mass is 10.1.